The summed E-state index contributed by atoms with van der Waals surface area (Å²) >= 11 is 0. The Labute approximate surface area is 198 Å². The van der Waals surface area contributed by atoms with Crippen molar-refractivity contribution in [3.63, 3.8) is 0 Å². The van der Waals surface area contributed by atoms with Gasteiger partial charge in [-0.05, 0) is 43.0 Å². The van der Waals surface area contributed by atoms with Crippen LogP contribution in [-0.4, -0.2) is 28.2 Å². The zero-order chi connectivity index (χ0) is 23.8. The Balaban J connectivity index is 1.33. The monoisotopic (exact) mass is 459 g/mol. The number of anilines is 2. The summed E-state index contributed by atoms with van der Waals surface area (Å²) < 4.78 is 5.53. The van der Waals surface area contributed by atoms with Gasteiger partial charge in [0.25, 0.3) is 0 Å². The molecule has 0 spiro atoms. The Kier molecular flexibility index (Phi) is 7.83. The molecule has 34 heavy (non-hydrogen) atoms. The number of aromatic nitrogens is 2. The number of ether oxygens (including phenoxy) is 1. The molecule has 0 aliphatic heterocycles. The molecule has 8 heteroatoms. The van der Waals surface area contributed by atoms with Crippen LogP contribution in [0.1, 0.15) is 38.5 Å². The third-order valence-corrected chi connectivity index (χ3v) is 5.99. The molecule has 1 aliphatic carbocycles. The van der Waals surface area contributed by atoms with Crippen LogP contribution in [0.5, 0.6) is 5.75 Å². The first-order valence-corrected chi connectivity index (χ1v) is 11.6. The number of nitrogens with zero attached hydrogens (tertiary/aromatic N) is 2. The van der Waals surface area contributed by atoms with Gasteiger partial charge < -0.3 is 15.8 Å². The molecule has 0 radical (unpaired) electrons. The number of amides is 2. The maximum atomic E-state index is 12.5. The molecule has 1 unspecified atom stereocenters. The number of urea groups is 1. The lowest BCUT2D eigenvalue weighted by Crippen LogP contribution is -2.35. The van der Waals surface area contributed by atoms with Crippen molar-refractivity contribution in [3.05, 3.63) is 66.7 Å². The van der Waals surface area contributed by atoms with Crippen molar-refractivity contribution in [2.75, 3.05) is 10.6 Å². The molecule has 1 saturated carbocycles. The maximum absolute atomic E-state index is 12.5. The highest BCUT2D eigenvalue weighted by Gasteiger charge is 2.24. The molecule has 8 nitrogen and oxygen atoms in total. The average Bonchev–Trinajstić information content (AvgIpc) is 2.86. The van der Waals surface area contributed by atoms with Gasteiger partial charge in [0.15, 0.2) is 11.6 Å². The highest BCUT2D eigenvalue weighted by atomic mass is 16.5. The quantitative estimate of drug-likeness (QED) is 0.338. The Hall–Kier alpha value is -3.78. The van der Waals surface area contributed by atoms with E-state index in [4.69, 9.17) is 10.5 Å². The van der Waals surface area contributed by atoms with Crippen LogP contribution in [0.2, 0.25) is 0 Å². The summed E-state index contributed by atoms with van der Waals surface area (Å²) in [5, 5.41) is 13.6. The summed E-state index contributed by atoms with van der Waals surface area (Å²) in [7, 11) is 0. The number of esters is 1. The van der Waals surface area contributed by atoms with E-state index in [-0.39, 0.29) is 18.2 Å². The Morgan fingerprint density at radius 1 is 0.912 bits per heavy atom. The van der Waals surface area contributed by atoms with Gasteiger partial charge >= 0.3 is 12.0 Å². The van der Waals surface area contributed by atoms with Crippen molar-refractivity contribution in [2.24, 2.45) is 11.7 Å². The molecule has 0 saturated heterocycles. The van der Waals surface area contributed by atoms with Crippen LogP contribution in [0, 0.1) is 5.92 Å². The standard InChI is InChI=1S/C26H29N5O3/c27-20(18-9-3-1-4-10-18)17-25(32)34-23-14-8-7-13-22(23)28-26(33)29-24-16-15-21(30-31-24)19-11-5-2-6-12-19/h2,5-8,11-16,18,20H,1,3-4,9-10,17,27H2,(H2,28,29,31,33). The number of para-hydroxylation sites is 2. The van der Waals surface area contributed by atoms with E-state index in [9.17, 15) is 9.59 Å². The summed E-state index contributed by atoms with van der Waals surface area (Å²) in [6.45, 7) is 0. The fraction of sp³-hybridized carbons (Fsp3) is 0.308. The maximum Gasteiger partial charge on any atom is 0.325 e. The fourth-order valence-corrected chi connectivity index (χ4v) is 4.18. The Morgan fingerprint density at radius 3 is 2.38 bits per heavy atom. The van der Waals surface area contributed by atoms with Crippen LogP contribution in [0.15, 0.2) is 66.7 Å². The van der Waals surface area contributed by atoms with Gasteiger partial charge in [0.05, 0.1) is 17.8 Å². The molecular formula is C26H29N5O3. The minimum absolute atomic E-state index is 0.147. The Bertz CT molecular complexity index is 1100. The molecule has 1 atom stereocenters. The summed E-state index contributed by atoms with van der Waals surface area (Å²) in [6, 6.07) is 19.1. The topological polar surface area (TPSA) is 119 Å². The molecule has 1 heterocycles. The van der Waals surface area contributed by atoms with Crippen molar-refractivity contribution >= 4 is 23.5 Å². The van der Waals surface area contributed by atoms with Gasteiger partial charge in [-0.15, -0.1) is 10.2 Å². The molecule has 1 aromatic heterocycles. The van der Waals surface area contributed by atoms with Gasteiger partial charge in [0.2, 0.25) is 0 Å². The first kappa shape index (κ1) is 23.4. The predicted molar refractivity (Wildman–Crippen MR) is 131 cm³/mol. The van der Waals surface area contributed by atoms with E-state index >= 15 is 0 Å². The molecule has 0 bridgehead atoms. The Morgan fingerprint density at radius 2 is 1.65 bits per heavy atom. The van der Waals surface area contributed by atoms with Crippen LogP contribution in [0.3, 0.4) is 0 Å². The summed E-state index contributed by atoms with van der Waals surface area (Å²) in [5.41, 5.74) is 8.27. The number of hydrogen-bond acceptors (Lipinski definition) is 6. The second-order valence-electron chi connectivity index (χ2n) is 8.49. The van der Waals surface area contributed by atoms with Crippen molar-refractivity contribution in [1.29, 1.82) is 0 Å². The zero-order valence-electron chi connectivity index (χ0n) is 18.9. The lowest BCUT2D eigenvalue weighted by molar-refractivity contribution is -0.135. The lowest BCUT2D eigenvalue weighted by atomic mass is 9.83. The van der Waals surface area contributed by atoms with Crippen LogP contribution >= 0.6 is 0 Å². The van der Waals surface area contributed by atoms with E-state index in [1.807, 2.05) is 30.3 Å². The van der Waals surface area contributed by atoms with E-state index in [2.05, 4.69) is 20.8 Å². The van der Waals surface area contributed by atoms with E-state index in [1.165, 1.54) is 6.42 Å². The number of rotatable bonds is 7. The third kappa shape index (κ3) is 6.39. The second kappa shape index (κ2) is 11.4. The van der Waals surface area contributed by atoms with Crippen molar-refractivity contribution in [1.82, 2.24) is 10.2 Å². The molecular weight excluding hydrogens is 430 g/mol. The molecule has 2 aromatic carbocycles. The molecule has 3 aromatic rings. The smallest absolute Gasteiger partial charge is 0.325 e. The van der Waals surface area contributed by atoms with E-state index in [0.29, 0.717) is 23.1 Å². The van der Waals surface area contributed by atoms with Crippen LogP contribution < -0.4 is 21.1 Å². The highest BCUT2D eigenvalue weighted by molar-refractivity contribution is 6.00. The molecule has 4 rings (SSSR count). The summed E-state index contributed by atoms with van der Waals surface area (Å²) in [5.74, 6) is 0.513. The van der Waals surface area contributed by atoms with E-state index < -0.39 is 12.0 Å². The van der Waals surface area contributed by atoms with Gasteiger partial charge in [0.1, 0.15) is 0 Å². The fourth-order valence-electron chi connectivity index (χ4n) is 4.18. The summed E-state index contributed by atoms with van der Waals surface area (Å²) in [4.78, 5) is 25.0. The number of benzene rings is 2. The van der Waals surface area contributed by atoms with Crippen LogP contribution in [0.25, 0.3) is 11.3 Å². The molecule has 1 fully saturated rings. The molecule has 2 amide bonds. The molecule has 4 N–H and O–H groups in total. The first-order valence-electron chi connectivity index (χ1n) is 11.6. The van der Waals surface area contributed by atoms with Crippen molar-refractivity contribution in [2.45, 2.75) is 44.6 Å². The van der Waals surface area contributed by atoms with E-state index in [1.54, 1.807) is 36.4 Å². The van der Waals surface area contributed by atoms with Crippen molar-refractivity contribution in [3.8, 4) is 17.0 Å². The van der Waals surface area contributed by atoms with Gasteiger partial charge in [-0.25, -0.2) is 4.79 Å². The largest absolute Gasteiger partial charge is 0.424 e. The SMILES string of the molecule is NC(CC(=O)Oc1ccccc1NC(=O)Nc1ccc(-c2ccccc2)nn1)C1CCCCC1. The normalized spacial score (nSPS) is 14.7. The number of nitrogens with two attached hydrogens (primary N) is 1. The van der Waals surface area contributed by atoms with Crippen LogP contribution in [-0.2, 0) is 4.79 Å². The molecule has 176 valence electrons. The molecule has 1 aliphatic rings. The number of nitrogens with one attached hydrogen (secondary N) is 2. The van der Waals surface area contributed by atoms with Gasteiger partial charge in [-0.3, -0.25) is 10.1 Å². The average molecular weight is 460 g/mol. The van der Waals surface area contributed by atoms with Gasteiger partial charge in [0, 0.05) is 11.6 Å². The van der Waals surface area contributed by atoms with Crippen LogP contribution in [0.4, 0.5) is 16.3 Å². The van der Waals surface area contributed by atoms with E-state index in [0.717, 1.165) is 31.2 Å². The first-order chi connectivity index (χ1) is 16.6. The minimum atomic E-state index is -0.524. The summed E-state index contributed by atoms with van der Waals surface area (Å²) in [6.07, 6.45) is 5.82. The van der Waals surface area contributed by atoms with Gasteiger partial charge in [-0.2, -0.15) is 0 Å². The second-order valence-corrected chi connectivity index (χ2v) is 8.49. The number of carbonyl (C=O) groups excluding carboxylic acids is 2. The minimum Gasteiger partial charge on any atom is -0.424 e. The van der Waals surface area contributed by atoms with Crippen molar-refractivity contribution < 1.29 is 14.3 Å². The predicted octanol–water partition coefficient (Wildman–Crippen LogP) is 4.99. The third-order valence-electron chi connectivity index (χ3n) is 5.99. The number of carbonyl (C=O) groups is 2. The lowest BCUT2D eigenvalue weighted by Gasteiger charge is -2.26. The highest BCUT2D eigenvalue weighted by Crippen LogP contribution is 2.28. The van der Waals surface area contributed by atoms with Gasteiger partial charge in [-0.1, -0.05) is 61.7 Å². The number of hydrogen-bond donors (Lipinski definition) is 3. The zero-order valence-corrected chi connectivity index (χ0v) is 18.9.